The van der Waals surface area contributed by atoms with Crippen molar-refractivity contribution < 1.29 is 14.4 Å². The van der Waals surface area contributed by atoms with Gasteiger partial charge in [0.15, 0.2) is 0 Å². The monoisotopic (exact) mass is 375 g/mol. The summed E-state index contributed by atoms with van der Waals surface area (Å²) in [5.74, 6) is -0.388. The lowest BCUT2D eigenvalue weighted by Gasteiger charge is -2.23. The lowest BCUT2D eigenvalue weighted by atomic mass is 10.1. The molecule has 26 heavy (non-hydrogen) atoms. The largest absolute Gasteiger partial charge is 0.355 e. The van der Waals surface area contributed by atoms with Crippen LogP contribution in [0.5, 0.6) is 0 Å². The maximum atomic E-state index is 12.4. The zero-order valence-corrected chi connectivity index (χ0v) is 15.5. The molecule has 2 atom stereocenters. The van der Waals surface area contributed by atoms with E-state index in [-0.39, 0.29) is 41.8 Å². The van der Waals surface area contributed by atoms with Crippen LogP contribution in [0.25, 0.3) is 0 Å². The molecule has 1 saturated heterocycles. The van der Waals surface area contributed by atoms with Gasteiger partial charge >= 0.3 is 0 Å². The summed E-state index contributed by atoms with van der Waals surface area (Å²) >= 11 is 1.39. The number of carbonyl (C=O) groups is 3. The summed E-state index contributed by atoms with van der Waals surface area (Å²) in [5.41, 5.74) is 0.556. The molecule has 1 aromatic rings. The summed E-state index contributed by atoms with van der Waals surface area (Å²) in [6.45, 7) is 2.59. The first-order chi connectivity index (χ1) is 12.5. The van der Waals surface area contributed by atoms with Crippen LogP contribution in [0.3, 0.4) is 0 Å². The zero-order valence-electron chi connectivity index (χ0n) is 14.7. The fourth-order valence-corrected chi connectivity index (χ4v) is 3.24. The highest BCUT2D eigenvalue weighted by molar-refractivity contribution is 7.99. The number of carbonyl (C=O) groups excluding carboxylic acids is 3. The van der Waals surface area contributed by atoms with Crippen LogP contribution in [0.1, 0.15) is 29.4 Å². The van der Waals surface area contributed by atoms with Crippen LogP contribution in [0.2, 0.25) is 0 Å². The van der Waals surface area contributed by atoms with E-state index >= 15 is 0 Å². The van der Waals surface area contributed by atoms with E-state index in [0.717, 1.165) is 0 Å². The van der Waals surface area contributed by atoms with Crippen molar-refractivity contribution in [2.75, 3.05) is 25.1 Å². The molecule has 2 heterocycles. The van der Waals surface area contributed by atoms with E-state index in [1.54, 1.807) is 0 Å². The molecule has 0 radical (unpaired) electrons. The van der Waals surface area contributed by atoms with E-state index in [2.05, 4.69) is 15.6 Å². The number of pyridine rings is 1. The van der Waals surface area contributed by atoms with Crippen LogP contribution in [0.4, 0.5) is 0 Å². The predicted octanol–water partition coefficient (Wildman–Crippen LogP) is 0.152. The van der Waals surface area contributed by atoms with E-state index in [9.17, 15) is 14.4 Å². The van der Waals surface area contributed by atoms with Gasteiger partial charge in [0.1, 0.15) is 17.8 Å². The Kier molecular flexibility index (Phi) is 6.97. The van der Waals surface area contributed by atoms with E-state index < -0.39 is 6.04 Å². The highest BCUT2D eigenvalue weighted by Gasteiger charge is 2.39. The Labute approximate surface area is 156 Å². The van der Waals surface area contributed by atoms with Crippen LogP contribution < -0.4 is 10.6 Å². The fourth-order valence-electron chi connectivity index (χ4n) is 2.83. The highest BCUT2D eigenvalue weighted by Crippen LogP contribution is 2.20. The molecule has 0 aliphatic carbocycles. The number of thioether (sulfide) groups is 1. The molecule has 8 nitrogen and oxygen atoms in total. The maximum absolute atomic E-state index is 12.4. The summed E-state index contributed by atoms with van der Waals surface area (Å²) < 4.78 is 0. The molecular formula is C17H21N5O3S. The first-order valence-electron chi connectivity index (χ1n) is 8.23. The normalized spacial score (nSPS) is 18.9. The van der Waals surface area contributed by atoms with E-state index in [0.29, 0.717) is 18.5 Å². The number of likely N-dealkylation sites (tertiary alicyclic amines) is 1. The van der Waals surface area contributed by atoms with Gasteiger partial charge in [0.05, 0.1) is 11.3 Å². The zero-order chi connectivity index (χ0) is 19.1. The van der Waals surface area contributed by atoms with Gasteiger partial charge in [0.2, 0.25) is 11.8 Å². The second-order valence-electron chi connectivity index (χ2n) is 5.84. The molecule has 1 aliphatic rings. The van der Waals surface area contributed by atoms with Gasteiger partial charge in [-0.3, -0.25) is 14.4 Å². The van der Waals surface area contributed by atoms with Crippen molar-refractivity contribution in [1.82, 2.24) is 20.5 Å². The Balaban J connectivity index is 2.07. The van der Waals surface area contributed by atoms with Crippen LogP contribution in [0.15, 0.2) is 18.3 Å². The second-order valence-corrected chi connectivity index (χ2v) is 6.71. The van der Waals surface area contributed by atoms with Gasteiger partial charge in [-0.05, 0) is 31.7 Å². The van der Waals surface area contributed by atoms with Gasteiger partial charge in [-0.2, -0.15) is 17.0 Å². The van der Waals surface area contributed by atoms with Crippen molar-refractivity contribution in [3.63, 3.8) is 0 Å². The molecule has 1 aromatic heterocycles. The lowest BCUT2D eigenvalue weighted by Crippen LogP contribution is -2.46. The third kappa shape index (κ3) is 4.73. The summed E-state index contributed by atoms with van der Waals surface area (Å²) in [6, 6.07) is 3.98. The first-order valence-corrected chi connectivity index (χ1v) is 9.62. The SMILES string of the molecule is CCNC(=O)[C@@H]1C[C@H](NC(=O)c2ccc(C#N)nc2)CN1C(=O)CSC. The van der Waals surface area contributed by atoms with Crippen molar-refractivity contribution >= 4 is 29.5 Å². The topological polar surface area (TPSA) is 115 Å². The third-order valence-corrected chi connectivity index (χ3v) is 4.55. The molecule has 1 fully saturated rings. The number of aromatic nitrogens is 1. The minimum atomic E-state index is -0.584. The van der Waals surface area contributed by atoms with Crippen LogP contribution >= 0.6 is 11.8 Å². The number of hydrogen-bond donors (Lipinski definition) is 2. The smallest absolute Gasteiger partial charge is 0.253 e. The van der Waals surface area contributed by atoms with Crippen LogP contribution in [0, 0.1) is 11.3 Å². The van der Waals surface area contributed by atoms with E-state index in [1.807, 2.05) is 19.2 Å². The fraction of sp³-hybridized carbons (Fsp3) is 0.471. The number of amides is 3. The second kappa shape index (κ2) is 9.20. The van der Waals surface area contributed by atoms with Gasteiger partial charge in [-0.25, -0.2) is 4.98 Å². The van der Waals surface area contributed by atoms with Gasteiger partial charge in [-0.1, -0.05) is 0 Å². The number of nitrogens with one attached hydrogen (secondary N) is 2. The molecule has 2 N–H and O–H groups in total. The van der Waals surface area contributed by atoms with Crippen molar-refractivity contribution in [1.29, 1.82) is 5.26 Å². The number of nitriles is 1. The Hall–Kier alpha value is -2.60. The third-order valence-electron chi connectivity index (χ3n) is 4.02. The first kappa shape index (κ1) is 19.7. The molecule has 1 aliphatic heterocycles. The molecular weight excluding hydrogens is 354 g/mol. The lowest BCUT2D eigenvalue weighted by molar-refractivity contribution is -0.136. The van der Waals surface area contributed by atoms with Crippen LogP contribution in [-0.4, -0.2) is 64.8 Å². The molecule has 138 valence electrons. The Morgan fingerprint density at radius 2 is 2.19 bits per heavy atom. The molecule has 2 rings (SSSR count). The minimum absolute atomic E-state index is 0.120. The summed E-state index contributed by atoms with van der Waals surface area (Å²) in [4.78, 5) is 42.3. The van der Waals surface area contributed by atoms with Crippen molar-refractivity contribution in [3.8, 4) is 6.07 Å². The van der Waals surface area contributed by atoms with Crippen molar-refractivity contribution in [3.05, 3.63) is 29.6 Å². The Morgan fingerprint density at radius 3 is 2.77 bits per heavy atom. The average Bonchev–Trinajstić information content (AvgIpc) is 3.06. The number of hydrogen-bond acceptors (Lipinski definition) is 6. The van der Waals surface area contributed by atoms with Crippen molar-refractivity contribution in [2.24, 2.45) is 0 Å². The Bertz CT molecular complexity index is 690. The maximum Gasteiger partial charge on any atom is 0.253 e. The van der Waals surface area contributed by atoms with Crippen LogP contribution in [-0.2, 0) is 9.59 Å². The quantitative estimate of drug-likeness (QED) is 0.731. The van der Waals surface area contributed by atoms with Gasteiger partial charge in [0, 0.05) is 25.3 Å². The number of rotatable bonds is 6. The minimum Gasteiger partial charge on any atom is -0.355 e. The summed E-state index contributed by atoms with van der Waals surface area (Å²) in [6.07, 6.45) is 3.52. The van der Waals surface area contributed by atoms with E-state index in [4.69, 9.17) is 5.26 Å². The molecule has 0 aromatic carbocycles. The molecule has 0 bridgehead atoms. The molecule has 0 spiro atoms. The van der Waals surface area contributed by atoms with Gasteiger partial charge in [0.25, 0.3) is 5.91 Å². The molecule has 3 amide bonds. The Morgan fingerprint density at radius 1 is 1.42 bits per heavy atom. The van der Waals surface area contributed by atoms with Gasteiger partial charge < -0.3 is 15.5 Å². The molecule has 0 saturated carbocycles. The number of likely N-dealkylation sites (N-methyl/N-ethyl adjacent to an activating group) is 1. The van der Waals surface area contributed by atoms with Gasteiger partial charge in [-0.15, -0.1) is 0 Å². The summed E-state index contributed by atoms with van der Waals surface area (Å²) in [5, 5.41) is 14.3. The highest BCUT2D eigenvalue weighted by atomic mass is 32.2. The van der Waals surface area contributed by atoms with E-state index in [1.165, 1.54) is 35.0 Å². The molecule has 0 unspecified atom stereocenters. The predicted molar refractivity (Wildman–Crippen MR) is 97.4 cm³/mol. The summed E-state index contributed by atoms with van der Waals surface area (Å²) in [7, 11) is 0. The average molecular weight is 375 g/mol. The standard InChI is InChI=1S/C17H21N5O3S/c1-3-19-17(25)14-6-13(9-22(14)15(23)10-26-2)21-16(24)11-4-5-12(7-18)20-8-11/h4-5,8,13-14H,3,6,9-10H2,1-2H3,(H,19,25)(H,21,24)/t13-,14-/m0/s1. The van der Waals surface area contributed by atoms with Crippen molar-refractivity contribution in [2.45, 2.75) is 25.4 Å². The molecule has 9 heteroatoms. The number of nitrogens with zero attached hydrogens (tertiary/aromatic N) is 3.